The first-order chi connectivity index (χ1) is 9.79. The summed E-state index contributed by atoms with van der Waals surface area (Å²) >= 11 is 1.20. The van der Waals surface area contributed by atoms with Crippen LogP contribution in [0.5, 0.6) is 0 Å². The Morgan fingerprint density at radius 2 is 2.45 bits per heavy atom. The van der Waals surface area contributed by atoms with Gasteiger partial charge >= 0.3 is 0 Å². The SMILES string of the molecule is CCc1nnsc1C(=O)N1CCC[C@@H](n2ccnc2)C1. The van der Waals surface area contributed by atoms with Gasteiger partial charge in [-0.15, -0.1) is 5.10 Å². The van der Waals surface area contributed by atoms with E-state index in [-0.39, 0.29) is 5.91 Å². The summed E-state index contributed by atoms with van der Waals surface area (Å²) in [5.41, 5.74) is 0.810. The van der Waals surface area contributed by atoms with Gasteiger partial charge in [-0.3, -0.25) is 4.79 Å². The van der Waals surface area contributed by atoms with Gasteiger partial charge in [0, 0.05) is 25.5 Å². The highest BCUT2D eigenvalue weighted by atomic mass is 32.1. The zero-order chi connectivity index (χ0) is 13.9. The van der Waals surface area contributed by atoms with Crippen LogP contribution in [0.15, 0.2) is 18.7 Å². The zero-order valence-corrected chi connectivity index (χ0v) is 12.2. The van der Waals surface area contributed by atoms with Crippen LogP contribution in [-0.2, 0) is 6.42 Å². The summed E-state index contributed by atoms with van der Waals surface area (Å²) in [4.78, 5) is 19.3. The number of rotatable bonds is 3. The lowest BCUT2D eigenvalue weighted by Crippen LogP contribution is -2.40. The van der Waals surface area contributed by atoms with Gasteiger partial charge in [0.15, 0.2) is 0 Å². The Balaban J connectivity index is 1.75. The number of amides is 1. The molecule has 6 nitrogen and oxygen atoms in total. The zero-order valence-electron chi connectivity index (χ0n) is 11.4. The predicted molar refractivity (Wildman–Crippen MR) is 75.7 cm³/mol. The smallest absolute Gasteiger partial charge is 0.267 e. The number of aromatic nitrogens is 4. The van der Waals surface area contributed by atoms with Crippen molar-refractivity contribution in [3.8, 4) is 0 Å². The van der Waals surface area contributed by atoms with E-state index in [1.165, 1.54) is 11.5 Å². The van der Waals surface area contributed by atoms with E-state index in [1.54, 1.807) is 6.20 Å². The third kappa shape index (κ3) is 2.45. The lowest BCUT2D eigenvalue weighted by atomic mass is 10.1. The monoisotopic (exact) mass is 291 g/mol. The Bertz CT molecular complexity index is 579. The summed E-state index contributed by atoms with van der Waals surface area (Å²) < 4.78 is 6.00. The lowest BCUT2D eigenvalue weighted by Gasteiger charge is -2.33. The van der Waals surface area contributed by atoms with Crippen molar-refractivity contribution in [2.45, 2.75) is 32.2 Å². The highest BCUT2D eigenvalue weighted by Gasteiger charge is 2.27. The molecule has 2 aromatic heterocycles. The highest BCUT2D eigenvalue weighted by molar-refractivity contribution is 7.08. The molecule has 7 heteroatoms. The summed E-state index contributed by atoms with van der Waals surface area (Å²) in [6.45, 7) is 3.54. The minimum atomic E-state index is 0.0710. The molecule has 1 saturated heterocycles. The van der Waals surface area contributed by atoms with Gasteiger partial charge in [-0.1, -0.05) is 11.4 Å². The molecule has 0 aliphatic carbocycles. The van der Waals surface area contributed by atoms with Gasteiger partial charge in [0.1, 0.15) is 4.88 Å². The third-order valence-electron chi connectivity index (χ3n) is 3.72. The number of hydrogen-bond donors (Lipinski definition) is 0. The van der Waals surface area contributed by atoms with Gasteiger partial charge in [-0.2, -0.15) is 0 Å². The molecular formula is C13H17N5OS. The average molecular weight is 291 g/mol. The molecule has 0 N–H and O–H groups in total. The number of likely N-dealkylation sites (tertiary alicyclic amines) is 1. The van der Waals surface area contributed by atoms with E-state index in [9.17, 15) is 4.79 Å². The maximum Gasteiger partial charge on any atom is 0.267 e. The van der Waals surface area contributed by atoms with Crippen molar-refractivity contribution in [3.05, 3.63) is 29.3 Å². The van der Waals surface area contributed by atoms with Crippen LogP contribution >= 0.6 is 11.5 Å². The highest BCUT2D eigenvalue weighted by Crippen LogP contribution is 2.24. The van der Waals surface area contributed by atoms with Crippen molar-refractivity contribution < 1.29 is 4.79 Å². The average Bonchev–Trinajstić information content (AvgIpc) is 3.17. The Hall–Kier alpha value is -1.76. The Morgan fingerprint density at radius 3 is 3.20 bits per heavy atom. The van der Waals surface area contributed by atoms with Gasteiger partial charge in [-0.05, 0) is 30.8 Å². The van der Waals surface area contributed by atoms with E-state index in [0.29, 0.717) is 10.9 Å². The molecule has 3 rings (SSSR count). The summed E-state index contributed by atoms with van der Waals surface area (Å²) in [5, 5.41) is 4.03. The summed E-state index contributed by atoms with van der Waals surface area (Å²) in [7, 11) is 0. The second kappa shape index (κ2) is 5.70. The molecule has 3 heterocycles. The number of hydrogen-bond acceptors (Lipinski definition) is 5. The van der Waals surface area contributed by atoms with Crippen molar-refractivity contribution in [3.63, 3.8) is 0 Å². The molecule has 1 aliphatic rings. The molecule has 0 radical (unpaired) electrons. The second-order valence-electron chi connectivity index (χ2n) is 4.96. The van der Waals surface area contributed by atoms with Crippen molar-refractivity contribution in [1.82, 2.24) is 24.0 Å². The standard InChI is InChI=1S/C13H17N5OS/c1-2-11-12(20-16-15-11)13(19)17-6-3-4-10(8-17)18-7-5-14-9-18/h5,7,9-10H,2-4,6,8H2,1H3/t10-/m1/s1. The van der Waals surface area contributed by atoms with E-state index in [1.807, 2.05) is 24.3 Å². The van der Waals surface area contributed by atoms with Crippen molar-refractivity contribution >= 4 is 17.4 Å². The number of imidazole rings is 1. The fourth-order valence-electron chi connectivity index (χ4n) is 2.61. The van der Waals surface area contributed by atoms with E-state index < -0.39 is 0 Å². The molecule has 20 heavy (non-hydrogen) atoms. The topological polar surface area (TPSA) is 63.9 Å². The van der Waals surface area contributed by atoms with Gasteiger partial charge in [0.25, 0.3) is 5.91 Å². The van der Waals surface area contributed by atoms with Gasteiger partial charge < -0.3 is 9.47 Å². The van der Waals surface area contributed by atoms with Crippen LogP contribution in [-0.4, -0.2) is 43.0 Å². The number of carbonyl (C=O) groups is 1. The van der Waals surface area contributed by atoms with E-state index in [0.717, 1.165) is 38.0 Å². The molecule has 2 aromatic rings. The fourth-order valence-corrected chi connectivity index (χ4v) is 3.33. The Labute approximate surface area is 121 Å². The van der Waals surface area contributed by atoms with Gasteiger partial charge in [0.2, 0.25) is 0 Å². The largest absolute Gasteiger partial charge is 0.336 e. The van der Waals surface area contributed by atoms with Gasteiger partial charge in [0.05, 0.1) is 18.1 Å². The molecule has 1 fully saturated rings. The van der Waals surface area contributed by atoms with Crippen molar-refractivity contribution in [1.29, 1.82) is 0 Å². The molecule has 0 aromatic carbocycles. The maximum absolute atomic E-state index is 12.6. The maximum atomic E-state index is 12.6. The molecular weight excluding hydrogens is 274 g/mol. The molecule has 0 unspecified atom stereocenters. The molecule has 0 saturated carbocycles. The minimum absolute atomic E-state index is 0.0710. The molecule has 1 amide bonds. The first-order valence-electron chi connectivity index (χ1n) is 6.87. The van der Waals surface area contributed by atoms with Crippen LogP contribution in [0.3, 0.4) is 0 Å². The van der Waals surface area contributed by atoms with E-state index in [2.05, 4.69) is 19.1 Å². The van der Waals surface area contributed by atoms with E-state index >= 15 is 0 Å². The van der Waals surface area contributed by atoms with Crippen LogP contribution in [0.2, 0.25) is 0 Å². The second-order valence-corrected chi connectivity index (χ2v) is 5.71. The predicted octanol–water partition coefficient (Wildman–Crippen LogP) is 1.77. The van der Waals surface area contributed by atoms with E-state index in [4.69, 9.17) is 0 Å². The number of piperidine rings is 1. The quantitative estimate of drug-likeness (QED) is 0.864. The van der Waals surface area contributed by atoms with Gasteiger partial charge in [-0.25, -0.2) is 4.98 Å². The Kier molecular flexibility index (Phi) is 3.77. The lowest BCUT2D eigenvalue weighted by molar-refractivity contribution is 0.0683. The Morgan fingerprint density at radius 1 is 1.55 bits per heavy atom. The van der Waals surface area contributed by atoms with Crippen LogP contribution in [0, 0.1) is 0 Å². The molecule has 0 spiro atoms. The molecule has 0 bridgehead atoms. The fraction of sp³-hybridized carbons (Fsp3) is 0.538. The van der Waals surface area contributed by atoms with Crippen LogP contribution < -0.4 is 0 Å². The molecule has 106 valence electrons. The first-order valence-corrected chi connectivity index (χ1v) is 7.65. The normalized spacial score (nSPS) is 19.2. The summed E-state index contributed by atoms with van der Waals surface area (Å²) in [5.74, 6) is 0.0710. The van der Waals surface area contributed by atoms with Crippen molar-refractivity contribution in [2.24, 2.45) is 0 Å². The number of aryl methyl sites for hydroxylation is 1. The summed E-state index contributed by atoms with van der Waals surface area (Å²) in [6.07, 6.45) is 8.41. The van der Waals surface area contributed by atoms with Crippen LogP contribution in [0.1, 0.15) is 41.2 Å². The molecule has 1 atom stereocenters. The number of carbonyl (C=O) groups excluding carboxylic acids is 1. The van der Waals surface area contributed by atoms with Crippen LogP contribution in [0.4, 0.5) is 0 Å². The number of nitrogens with zero attached hydrogens (tertiary/aromatic N) is 5. The summed E-state index contributed by atoms with van der Waals surface area (Å²) in [6, 6.07) is 0.321. The molecule has 1 aliphatic heterocycles. The third-order valence-corrected chi connectivity index (χ3v) is 4.47. The first kappa shape index (κ1) is 13.2. The van der Waals surface area contributed by atoms with Crippen molar-refractivity contribution in [2.75, 3.05) is 13.1 Å². The van der Waals surface area contributed by atoms with Crippen LogP contribution in [0.25, 0.3) is 0 Å². The minimum Gasteiger partial charge on any atom is -0.336 e.